The maximum Gasteiger partial charge on any atom is 0.0373 e. The van der Waals surface area contributed by atoms with Crippen molar-refractivity contribution in [2.75, 3.05) is 11.9 Å². The van der Waals surface area contributed by atoms with E-state index in [1.54, 1.807) is 0 Å². The van der Waals surface area contributed by atoms with Crippen molar-refractivity contribution in [1.82, 2.24) is 0 Å². The Balaban J connectivity index is 0.000000231. The van der Waals surface area contributed by atoms with Crippen LogP contribution in [0.2, 0.25) is 0 Å². The fourth-order valence-corrected chi connectivity index (χ4v) is 2.53. The molecule has 1 aliphatic heterocycles. The summed E-state index contributed by atoms with van der Waals surface area (Å²) in [5, 5.41) is 3.30. The van der Waals surface area contributed by atoms with Gasteiger partial charge in [0.25, 0.3) is 0 Å². The fourth-order valence-electron chi connectivity index (χ4n) is 2.53. The van der Waals surface area contributed by atoms with Crippen LogP contribution in [0.1, 0.15) is 5.56 Å². The first-order valence-electron chi connectivity index (χ1n) is 7.28. The molecule has 1 heterocycles. The minimum atomic E-state index is -0.695. The maximum atomic E-state index is 5.48. The van der Waals surface area contributed by atoms with Crippen molar-refractivity contribution in [3.63, 3.8) is 0 Å². The number of para-hydroxylation sites is 1. The van der Waals surface area contributed by atoms with Crippen molar-refractivity contribution in [3.05, 3.63) is 29.8 Å². The third-order valence-corrected chi connectivity index (χ3v) is 3.73. The van der Waals surface area contributed by atoms with Crippen LogP contribution in [0.5, 0.6) is 0 Å². The van der Waals surface area contributed by atoms with Crippen molar-refractivity contribution < 1.29 is 0 Å². The van der Waals surface area contributed by atoms with Gasteiger partial charge in [0.05, 0.1) is 0 Å². The number of hydrogen-bond donors (Lipinski definition) is 1. The topological polar surface area (TPSA) is 12.0 Å². The van der Waals surface area contributed by atoms with Crippen molar-refractivity contribution >= 4 is 98.8 Å². The predicted octanol–water partition coefficient (Wildman–Crippen LogP) is -3.30. The van der Waals surface area contributed by atoms with E-state index < -0.39 is 25.5 Å². The van der Waals surface area contributed by atoms with Crippen molar-refractivity contribution in [3.8, 4) is 0 Å². The Kier molecular flexibility index (Phi) is 8.94. The van der Waals surface area contributed by atoms with E-state index in [4.69, 9.17) is 54.2 Å². The summed E-state index contributed by atoms with van der Waals surface area (Å²) in [5.74, 6) is 0. The zero-order valence-corrected chi connectivity index (χ0v) is 12.7. The molecule has 1 aliphatic rings. The zero-order chi connectivity index (χ0) is 16.7. The first kappa shape index (κ1) is 19.9. The minimum absolute atomic E-state index is 0.389. The SMILES string of the molecule is [B][B]B(B([B])[B])B(B([B])[B])B([B])[B].c1ccc2c(c1)CCN2. The van der Waals surface area contributed by atoms with E-state index in [-0.39, 0.29) is 6.39 Å². The molecule has 0 saturated carbocycles. The van der Waals surface area contributed by atoms with Crippen LogP contribution in [-0.2, 0) is 6.42 Å². The zero-order valence-electron chi connectivity index (χ0n) is 12.7. The lowest BCUT2D eigenvalue weighted by Gasteiger charge is -2.31. The van der Waals surface area contributed by atoms with Gasteiger partial charge in [0, 0.05) is 105 Å². The molecule has 1 aromatic rings. The van der Waals surface area contributed by atoms with Gasteiger partial charge in [-0.3, -0.25) is 0 Å². The largest absolute Gasteiger partial charge is 0.384 e. The summed E-state index contributed by atoms with van der Waals surface area (Å²) in [6.45, 7) is 1.11. The summed E-state index contributed by atoms with van der Waals surface area (Å²) >= 11 is 0. The molecule has 1 nitrogen and oxygen atoms in total. The van der Waals surface area contributed by atoms with E-state index in [0.717, 1.165) is 6.54 Å². The van der Waals surface area contributed by atoms with Crippen LogP contribution in [0.3, 0.4) is 0 Å². The number of anilines is 1. The van der Waals surface area contributed by atoms with Gasteiger partial charge in [-0.05, 0) is 18.1 Å². The molecule has 0 fully saturated rings. The molecule has 1 N–H and O–H groups in total. The molecule has 0 saturated heterocycles. The summed E-state index contributed by atoms with van der Waals surface area (Å²) in [5.41, 5.74) is 2.77. The molecule has 0 bridgehead atoms. The standard InChI is InChI=1S/C8H9N.B13/c1-2-4-8-7(3-1)5-6-9-8;1-8-12(9(2)3)13(10(4)5)11(6)7/h1-4,9H,5-6H2;. The highest BCUT2D eigenvalue weighted by molar-refractivity contribution is 8.07. The monoisotopic (exact) mass is 262 g/mol. The summed E-state index contributed by atoms with van der Waals surface area (Å²) in [6.07, 6.45) is -1.68. The summed E-state index contributed by atoms with van der Waals surface area (Å²) in [7, 11) is 39.5. The smallest absolute Gasteiger partial charge is 0.0373 e. The molecule has 22 heavy (non-hydrogen) atoms. The molecule has 0 spiro atoms. The number of rotatable bonds is 5. The van der Waals surface area contributed by atoms with E-state index in [2.05, 4.69) is 29.6 Å². The third-order valence-electron chi connectivity index (χ3n) is 3.73. The van der Waals surface area contributed by atoms with Gasteiger partial charge >= 0.3 is 0 Å². The highest BCUT2D eigenvalue weighted by Gasteiger charge is 2.32. The van der Waals surface area contributed by atoms with Crippen LogP contribution in [0.15, 0.2) is 24.3 Å². The van der Waals surface area contributed by atoms with Gasteiger partial charge < -0.3 is 5.32 Å². The number of benzene rings is 1. The molecule has 1 aromatic carbocycles. The van der Waals surface area contributed by atoms with E-state index >= 15 is 0 Å². The molecule has 0 aliphatic carbocycles. The minimum Gasteiger partial charge on any atom is -0.384 e. The molecule has 85 valence electrons. The Morgan fingerprint density at radius 2 is 1.50 bits per heavy atom. The van der Waals surface area contributed by atoms with E-state index in [1.165, 1.54) is 24.7 Å². The lowest BCUT2D eigenvalue weighted by Crippen LogP contribution is -2.69. The molecule has 0 amide bonds. The van der Waals surface area contributed by atoms with Crippen molar-refractivity contribution in [2.45, 2.75) is 6.42 Å². The van der Waals surface area contributed by atoms with Gasteiger partial charge in [-0.1, -0.05) is 18.2 Å². The average Bonchev–Trinajstić information content (AvgIpc) is 2.92. The van der Waals surface area contributed by atoms with Crippen molar-refractivity contribution in [1.29, 1.82) is 0 Å². The number of fused-ring (bicyclic) bond motifs is 1. The average molecular weight is 260 g/mol. The Hall–Kier alpha value is -0.136. The highest BCUT2D eigenvalue weighted by atomic mass is 14.9. The predicted molar refractivity (Wildman–Crippen MR) is 113 cm³/mol. The maximum absolute atomic E-state index is 5.48. The normalized spacial score (nSPS) is 11.1. The summed E-state index contributed by atoms with van der Waals surface area (Å²) in [4.78, 5) is 0. The van der Waals surface area contributed by atoms with Gasteiger partial charge in [0.2, 0.25) is 0 Å². The van der Waals surface area contributed by atoms with Crippen molar-refractivity contribution in [2.24, 2.45) is 0 Å². The van der Waals surface area contributed by atoms with Crippen LogP contribution >= 0.6 is 0 Å². The molecule has 15 radical (unpaired) electrons. The Bertz CT molecular complexity index is 409. The molecular formula is C8H9B13N. The second-order valence-electron chi connectivity index (χ2n) is 5.41. The molecule has 0 atom stereocenters. The lowest BCUT2D eigenvalue weighted by molar-refractivity contribution is 1.11. The molecule has 14 heteroatoms. The third kappa shape index (κ3) is 5.82. The van der Waals surface area contributed by atoms with Crippen LogP contribution in [0.25, 0.3) is 0 Å². The van der Waals surface area contributed by atoms with Crippen LogP contribution < -0.4 is 5.32 Å². The van der Waals surface area contributed by atoms with Gasteiger partial charge in [-0.2, -0.15) is 0 Å². The van der Waals surface area contributed by atoms with Gasteiger partial charge in [-0.25, -0.2) is 0 Å². The summed E-state index contributed by atoms with van der Waals surface area (Å²) < 4.78 is 0. The second-order valence-corrected chi connectivity index (χ2v) is 5.41. The Labute approximate surface area is 147 Å². The van der Waals surface area contributed by atoms with Gasteiger partial charge in [0.1, 0.15) is 0 Å². The van der Waals surface area contributed by atoms with E-state index in [0.29, 0.717) is 0 Å². The van der Waals surface area contributed by atoms with Crippen LogP contribution in [-0.4, -0.2) is 99.7 Å². The number of nitrogens with one attached hydrogen (secondary N) is 1. The van der Waals surface area contributed by atoms with Crippen LogP contribution in [0, 0.1) is 0 Å². The Morgan fingerprint density at radius 3 is 1.91 bits per heavy atom. The first-order valence-corrected chi connectivity index (χ1v) is 7.28. The quantitative estimate of drug-likeness (QED) is 0.547. The van der Waals surface area contributed by atoms with E-state index in [1.807, 2.05) is 0 Å². The van der Waals surface area contributed by atoms with Gasteiger partial charge in [-0.15, -0.1) is 0 Å². The first-order chi connectivity index (χ1) is 10.4. The molecular weight excluding hydrogens is 251 g/mol. The second kappa shape index (κ2) is 9.88. The highest BCUT2D eigenvalue weighted by Crippen LogP contribution is 2.19. The van der Waals surface area contributed by atoms with Gasteiger partial charge in [0.15, 0.2) is 0 Å². The molecule has 2 rings (SSSR count). The molecule has 0 aromatic heterocycles. The number of hydrogen-bond acceptors (Lipinski definition) is 1. The lowest BCUT2D eigenvalue weighted by atomic mass is 8.50. The molecule has 0 unspecified atom stereocenters. The summed E-state index contributed by atoms with van der Waals surface area (Å²) in [6, 6.07) is 8.46. The fraction of sp³-hybridized carbons (Fsp3) is 0.250. The Morgan fingerprint density at radius 1 is 0.909 bits per heavy atom. The van der Waals surface area contributed by atoms with Crippen LogP contribution in [0.4, 0.5) is 5.69 Å². The van der Waals surface area contributed by atoms with E-state index in [9.17, 15) is 0 Å².